The summed E-state index contributed by atoms with van der Waals surface area (Å²) in [6.45, 7) is 3.97. The van der Waals surface area contributed by atoms with Crippen LogP contribution in [0.4, 0.5) is 0 Å². The summed E-state index contributed by atoms with van der Waals surface area (Å²) >= 11 is 0. The van der Waals surface area contributed by atoms with Gasteiger partial charge in [-0.2, -0.15) is 0 Å². The second-order valence-electron chi connectivity index (χ2n) is 5.43. The second-order valence-corrected chi connectivity index (χ2v) is 5.43. The van der Waals surface area contributed by atoms with Gasteiger partial charge in [-0.15, -0.1) is 0 Å². The summed E-state index contributed by atoms with van der Waals surface area (Å²) in [6.07, 6.45) is 7.69. The Bertz CT molecular complexity index is 754. The smallest absolute Gasteiger partial charge is 0.205 e. The molecule has 1 N–H and O–H groups in total. The minimum atomic E-state index is 0.147. The lowest BCUT2D eigenvalue weighted by Crippen LogP contribution is -2.13. The molecule has 0 atom stereocenters. The molecular weight excluding hydrogens is 236 g/mol. The average Bonchev–Trinajstić information content (AvgIpc) is 2.99. The zero-order valence-electron chi connectivity index (χ0n) is 11.0. The maximum atomic E-state index is 12.4. The van der Waals surface area contributed by atoms with Gasteiger partial charge in [0.15, 0.2) is 0 Å². The first kappa shape index (κ1) is 10.7. The average molecular weight is 250 g/mol. The van der Waals surface area contributed by atoms with Crippen molar-refractivity contribution in [2.45, 2.75) is 26.7 Å². The van der Waals surface area contributed by atoms with E-state index in [-0.39, 0.29) is 5.78 Å². The number of ketones is 1. The van der Waals surface area contributed by atoms with E-state index < -0.39 is 0 Å². The number of nitrogens with one attached hydrogen (secondary N) is 1. The third-order valence-corrected chi connectivity index (χ3v) is 4.35. The van der Waals surface area contributed by atoms with Crippen LogP contribution in [0.2, 0.25) is 0 Å². The summed E-state index contributed by atoms with van der Waals surface area (Å²) in [5.74, 6) is 0.147. The van der Waals surface area contributed by atoms with E-state index in [0.29, 0.717) is 0 Å². The third-order valence-electron chi connectivity index (χ3n) is 4.35. The van der Waals surface area contributed by atoms with Gasteiger partial charge in [-0.3, -0.25) is 9.79 Å². The highest BCUT2D eigenvalue weighted by molar-refractivity contribution is 6.13. The van der Waals surface area contributed by atoms with Crippen LogP contribution in [0, 0.1) is 0 Å². The minimum absolute atomic E-state index is 0.147. The van der Waals surface area contributed by atoms with Gasteiger partial charge < -0.3 is 4.98 Å². The van der Waals surface area contributed by atoms with Crippen molar-refractivity contribution >= 4 is 17.6 Å². The minimum Gasteiger partial charge on any atom is -0.355 e. The van der Waals surface area contributed by atoms with Crippen LogP contribution in [-0.4, -0.2) is 17.0 Å². The monoisotopic (exact) mass is 250 g/mol. The highest BCUT2D eigenvalue weighted by Gasteiger charge is 2.31. The molecule has 0 saturated heterocycles. The lowest BCUT2D eigenvalue weighted by Gasteiger charge is -2.17. The van der Waals surface area contributed by atoms with Crippen molar-refractivity contribution in [3.05, 3.63) is 51.5 Å². The van der Waals surface area contributed by atoms with E-state index in [0.717, 1.165) is 35.4 Å². The van der Waals surface area contributed by atoms with Crippen molar-refractivity contribution in [3.63, 3.8) is 0 Å². The lowest BCUT2D eigenvalue weighted by atomic mass is 9.84. The van der Waals surface area contributed by atoms with Crippen molar-refractivity contribution in [2.75, 3.05) is 0 Å². The van der Waals surface area contributed by atoms with E-state index in [9.17, 15) is 4.79 Å². The van der Waals surface area contributed by atoms with Gasteiger partial charge in [-0.05, 0) is 37.0 Å². The molecule has 0 radical (unpaired) electrons. The molecule has 2 aliphatic carbocycles. The maximum Gasteiger partial charge on any atom is 0.205 e. The Morgan fingerprint density at radius 2 is 2.16 bits per heavy atom. The van der Waals surface area contributed by atoms with Crippen molar-refractivity contribution in [3.8, 4) is 0 Å². The topological polar surface area (TPSA) is 45.2 Å². The molecule has 1 aromatic rings. The number of carbonyl (C=O) groups excluding carboxylic acids is 1. The molecule has 3 heteroatoms. The Morgan fingerprint density at radius 1 is 1.32 bits per heavy atom. The number of fused-ring (bicyclic) bond motifs is 5. The van der Waals surface area contributed by atoms with E-state index >= 15 is 0 Å². The number of allylic oxidation sites excluding steroid dienone is 5. The summed E-state index contributed by atoms with van der Waals surface area (Å²) in [7, 11) is 0. The molecule has 1 aliphatic heterocycles. The van der Waals surface area contributed by atoms with Crippen LogP contribution in [0.1, 0.15) is 41.2 Å². The maximum absolute atomic E-state index is 12.4. The summed E-state index contributed by atoms with van der Waals surface area (Å²) in [5, 5.41) is 0. The molecule has 19 heavy (non-hydrogen) atoms. The number of H-pyrrole nitrogens is 1. The number of carbonyl (C=O) groups is 1. The third kappa shape index (κ3) is 1.27. The molecule has 3 nitrogen and oxygen atoms in total. The first-order chi connectivity index (χ1) is 9.16. The number of rotatable bonds is 0. The van der Waals surface area contributed by atoms with Crippen LogP contribution in [0.5, 0.6) is 0 Å². The first-order valence-corrected chi connectivity index (χ1v) is 6.56. The van der Waals surface area contributed by atoms with E-state index in [1.54, 1.807) is 0 Å². The Labute approximate surface area is 111 Å². The van der Waals surface area contributed by atoms with Gasteiger partial charge in [-0.25, -0.2) is 0 Å². The Morgan fingerprint density at radius 3 is 3.00 bits per heavy atom. The first-order valence-electron chi connectivity index (χ1n) is 6.56. The summed E-state index contributed by atoms with van der Waals surface area (Å²) < 4.78 is 0. The van der Waals surface area contributed by atoms with Crippen molar-refractivity contribution in [2.24, 2.45) is 4.99 Å². The van der Waals surface area contributed by atoms with Crippen LogP contribution in [0.15, 0.2) is 34.0 Å². The van der Waals surface area contributed by atoms with Gasteiger partial charge in [0.25, 0.3) is 0 Å². The second kappa shape index (κ2) is 3.44. The zero-order chi connectivity index (χ0) is 13.1. The molecule has 2 heterocycles. The van der Waals surface area contributed by atoms with Crippen LogP contribution in [0.3, 0.4) is 0 Å². The molecule has 4 rings (SSSR count). The van der Waals surface area contributed by atoms with E-state index in [1.165, 1.54) is 22.3 Å². The van der Waals surface area contributed by atoms with Crippen LogP contribution >= 0.6 is 0 Å². The molecule has 0 aromatic carbocycles. The number of hydrogen-bond acceptors (Lipinski definition) is 2. The molecule has 0 saturated carbocycles. The standard InChI is InChI=1S/C16H14N2O/c1-8-5-11-14-12-7-17-6-10(12)3-4-13(14)18-15(11)16(19)9(8)2/h3,6-7,18H,4-5H2,1-2H3. The van der Waals surface area contributed by atoms with Crippen LogP contribution in [0.25, 0.3) is 5.57 Å². The number of nitrogens with zero attached hydrogens (tertiary/aromatic N) is 1. The largest absolute Gasteiger partial charge is 0.355 e. The Kier molecular flexibility index (Phi) is 1.94. The fourth-order valence-electron chi connectivity index (χ4n) is 3.14. The number of aromatic amines is 1. The summed E-state index contributed by atoms with van der Waals surface area (Å²) in [5.41, 5.74) is 8.72. The fraction of sp³-hybridized carbons (Fsp3) is 0.250. The van der Waals surface area contributed by atoms with Gasteiger partial charge in [0, 0.05) is 35.7 Å². The van der Waals surface area contributed by atoms with Crippen LogP contribution < -0.4 is 0 Å². The SMILES string of the molecule is CC1=C(C)C(=O)c2[nH]c3c(c2C1)C1=CN=CC1=CC3. The van der Waals surface area contributed by atoms with Crippen LogP contribution in [-0.2, 0) is 12.8 Å². The highest BCUT2D eigenvalue weighted by atomic mass is 16.1. The molecule has 0 amide bonds. The number of Topliss-reactive ketones (excluding diaryl/α,β-unsaturated/α-hetero) is 1. The van der Waals surface area contributed by atoms with Gasteiger partial charge in [0.1, 0.15) is 0 Å². The van der Waals surface area contributed by atoms with Crippen molar-refractivity contribution < 1.29 is 4.79 Å². The molecule has 3 aliphatic rings. The quantitative estimate of drug-likeness (QED) is 0.755. The molecule has 0 unspecified atom stereocenters. The highest BCUT2D eigenvalue weighted by Crippen LogP contribution is 2.40. The lowest BCUT2D eigenvalue weighted by molar-refractivity contribution is 0.102. The van der Waals surface area contributed by atoms with Crippen molar-refractivity contribution in [1.29, 1.82) is 0 Å². The van der Waals surface area contributed by atoms with Gasteiger partial charge in [-0.1, -0.05) is 11.6 Å². The Hall–Kier alpha value is -2.16. The molecule has 0 fully saturated rings. The van der Waals surface area contributed by atoms with Gasteiger partial charge in [0.2, 0.25) is 5.78 Å². The predicted octanol–water partition coefficient (Wildman–Crippen LogP) is 3.00. The number of aromatic nitrogens is 1. The van der Waals surface area contributed by atoms with Gasteiger partial charge in [0.05, 0.1) is 5.69 Å². The molecule has 0 bridgehead atoms. The molecule has 94 valence electrons. The summed E-state index contributed by atoms with van der Waals surface area (Å²) in [6, 6.07) is 0. The fourth-order valence-corrected chi connectivity index (χ4v) is 3.14. The summed E-state index contributed by atoms with van der Waals surface area (Å²) in [4.78, 5) is 20.0. The normalized spacial score (nSPS) is 20.0. The number of hydrogen-bond donors (Lipinski definition) is 1. The van der Waals surface area contributed by atoms with E-state index in [2.05, 4.69) is 23.0 Å². The Balaban J connectivity index is 1.96. The van der Waals surface area contributed by atoms with Crippen molar-refractivity contribution in [1.82, 2.24) is 4.98 Å². The predicted molar refractivity (Wildman–Crippen MR) is 75.5 cm³/mol. The van der Waals surface area contributed by atoms with Gasteiger partial charge >= 0.3 is 0 Å². The molecule has 1 aromatic heterocycles. The number of aliphatic imine (C=N–C) groups is 1. The van der Waals surface area contributed by atoms with E-state index in [1.807, 2.05) is 19.3 Å². The zero-order valence-corrected chi connectivity index (χ0v) is 11.0. The molecular formula is C16H14N2O. The van der Waals surface area contributed by atoms with E-state index in [4.69, 9.17) is 0 Å². The molecule has 0 spiro atoms.